The SMILES string of the molecule is CCOc1ccc(S(=O)(=O)N2CCC(C(=O)N3CC(C(=O)NCc4ccccc4)Oc4ccccc43)CC2)cc1Cl. The smallest absolute Gasteiger partial charge is 0.263 e. The van der Waals surface area contributed by atoms with Crippen LogP contribution < -0.4 is 19.7 Å². The molecule has 1 atom stereocenters. The number of hydrogen-bond donors (Lipinski definition) is 1. The van der Waals surface area contributed by atoms with E-state index in [2.05, 4.69) is 5.32 Å². The van der Waals surface area contributed by atoms with Gasteiger partial charge in [0.15, 0.2) is 6.10 Å². The molecule has 2 amide bonds. The van der Waals surface area contributed by atoms with Crippen LogP contribution in [0.1, 0.15) is 25.3 Å². The number of rotatable bonds is 8. The molecular formula is C30H32ClN3O6S. The van der Waals surface area contributed by atoms with Gasteiger partial charge in [-0.25, -0.2) is 8.42 Å². The molecule has 0 bridgehead atoms. The Balaban J connectivity index is 1.25. The average molecular weight is 598 g/mol. The largest absolute Gasteiger partial charge is 0.492 e. The first-order chi connectivity index (χ1) is 19.8. The predicted octanol–water partition coefficient (Wildman–Crippen LogP) is 4.25. The van der Waals surface area contributed by atoms with Gasteiger partial charge in [-0.3, -0.25) is 9.59 Å². The van der Waals surface area contributed by atoms with Gasteiger partial charge in [-0.05, 0) is 55.7 Å². The number of para-hydroxylation sites is 2. The van der Waals surface area contributed by atoms with Gasteiger partial charge in [-0.2, -0.15) is 4.31 Å². The average Bonchev–Trinajstić information content (AvgIpc) is 3.00. The minimum Gasteiger partial charge on any atom is -0.492 e. The summed E-state index contributed by atoms with van der Waals surface area (Å²) in [5, 5.41) is 3.13. The van der Waals surface area contributed by atoms with Crippen molar-refractivity contribution in [1.29, 1.82) is 0 Å². The van der Waals surface area contributed by atoms with E-state index in [4.69, 9.17) is 21.1 Å². The molecule has 11 heteroatoms. The summed E-state index contributed by atoms with van der Waals surface area (Å²) in [7, 11) is -3.79. The maximum Gasteiger partial charge on any atom is 0.263 e. The number of sulfonamides is 1. The summed E-state index contributed by atoms with van der Waals surface area (Å²) in [4.78, 5) is 28.5. The molecule has 5 rings (SSSR count). The van der Waals surface area contributed by atoms with Crippen LogP contribution in [-0.4, -0.2) is 56.9 Å². The van der Waals surface area contributed by atoms with Crippen molar-refractivity contribution < 1.29 is 27.5 Å². The third kappa shape index (κ3) is 6.34. The van der Waals surface area contributed by atoms with Crippen molar-refractivity contribution in [3.63, 3.8) is 0 Å². The minimum atomic E-state index is -3.79. The number of halogens is 1. The Morgan fingerprint density at radius 3 is 2.44 bits per heavy atom. The van der Waals surface area contributed by atoms with Gasteiger partial charge in [0.25, 0.3) is 5.91 Å². The fourth-order valence-electron chi connectivity index (χ4n) is 5.11. The van der Waals surface area contributed by atoms with E-state index in [-0.39, 0.29) is 41.4 Å². The Morgan fingerprint density at radius 2 is 1.73 bits per heavy atom. The van der Waals surface area contributed by atoms with Crippen molar-refractivity contribution in [2.75, 3.05) is 31.1 Å². The van der Waals surface area contributed by atoms with Crippen LogP contribution in [0.4, 0.5) is 5.69 Å². The maximum atomic E-state index is 13.8. The highest BCUT2D eigenvalue weighted by Crippen LogP contribution is 2.36. The fraction of sp³-hybridized carbons (Fsp3) is 0.333. The number of benzene rings is 3. The highest BCUT2D eigenvalue weighted by molar-refractivity contribution is 7.89. The van der Waals surface area contributed by atoms with Crippen molar-refractivity contribution >= 4 is 39.1 Å². The number of amides is 2. The van der Waals surface area contributed by atoms with Gasteiger partial charge >= 0.3 is 0 Å². The molecule has 9 nitrogen and oxygen atoms in total. The zero-order valence-electron chi connectivity index (χ0n) is 22.7. The van der Waals surface area contributed by atoms with Gasteiger partial charge in [0, 0.05) is 25.6 Å². The van der Waals surface area contributed by atoms with Crippen LogP contribution in [0.15, 0.2) is 77.7 Å². The summed E-state index contributed by atoms with van der Waals surface area (Å²) in [6.45, 7) is 3.04. The number of piperidine rings is 1. The number of anilines is 1. The highest BCUT2D eigenvalue weighted by Gasteiger charge is 2.39. The number of hydrogen-bond acceptors (Lipinski definition) is 6. The summed E-state index contributed by atoms with van der Waals surface area (Å²) in [5.41, 5.74) is 1.56. The summed E-state index contributed by atoms with van der Waals surface area (Å²) in [6.07, 6.45) is -0.164. The van der Waals surface area contributed by atoms with Crippen molar-refractivity contribution in [3.8, 4) is 11.5 Å². The number of carbonyl (C=O) groups is 2. The highest BCUT2D eigenvalue weighted by atomic mass is 35.5. The molecule has 1 fully saturated rings. The Morgan fingerprint density at radius 1 is 1.02 bits per heavy atom. The van der Waals surface area contributed by atoms with Crippen LogP contribution in [0.5, 0.6) is 11.5 Å². The molecule has 1 saturated heterocycles. The van der Waals surface area contributed by atoms with Crippen LogP contribution in [0.3, 0.4) is 0 Å². The summed E-state index contributed by atoms with van der Waals surface area (Å²) < 4.78 is 39.4. The number of carbonyl (C=O) groups excluding carboxylic acids is 2. The molecule has 0 radical (unpaired) electrons. The second kappa shape index (κ2) is 12.5. The lowest BCUT2D eigenvalue weighted by atomic mass is 9.95. The lowest BCUT2D eigenvalue weighted by molar-refractivity contribution is -0.129. The second-order valence-corrected chi connectivity index (χ2v) is 12.3. The standard InChI is InChI=1S/C30H32ClN3O6S/c1-2-39-26-13-12-23(18-24(26)31)41(37,38)33-16-14-22(15-17-33)30(36)34-20-28(40-27-11-7-6-10-25(27)34)29(35)32-19-21-8-4-3-5-9-21/h3-13,18,22,28H,2,14-17,19-20H2,1H3,(H,32,35). The first-order valence-electron chi connectivity index (χ1n) is 13.6. The zero-order chi connectivity index (χ0) is 29.0. The predicted molar refractivity (Wildman–Crippen MR) is 156 cm³/mol. The van der Waals surface area contributed by atoms with E-state index >= 15 is 0 Å². The summed E-state index contributed by atoms with van der Waals surface area (Å²) in [6, 6.07) is 21.1. The third-order valence-corrected chi connectivity index (χ3v) is 9.48. The molecule has 0 saturated carbocycles. The zero-order valence-corrected chi connectivity index (χ0v) is 24.2. The first-order valence-corrected chi connectivity index (χ1v) is 15.4. The molecule has 0 aliphatic carbocycles. The van der Waals surface area contributed by atoms with E-state index < -0.39 is 22.0 Å². The molecule has 2 aliphatic heterocycles. The quantitative estimate of drug-likeness (QED) is 0.416. The van der Waals surface area contributed by atoms with E-state index in [0.717, 1.165) is 5.56 Å². The third-order valence-electron chi connectivity index (χ3n) is 7.29. The number of nitrogens with one attached hydrogen (secondary N) is 1. The van der Waals surface area contributed by atoms with Crippen molar-refractivity contribution in [1.82, 2.24) is 9.62 Å². The lowest BCUT2D eigenvalue weighted by Crippen LogP contribution is -2.53. The molecule has 216 valence electrons. The summed E-state index contributed by atoms with van der Waals surface area (Å²) >= 11 is 6.23. The monoisotopic (exact) mass is 597 g/mol. The topological polar surface area (TPSA) is 105 Å². The number of nitrogens with zero attached hydrogens (tertiary/aromatic N) is 2. The Hall–Kier alpha value is -3.60. The van der Waals surface area contributed by atoms with Crippen molar-refractivity contribution in [2.45, 2.75) is 37.3 Å². The molecular weight excluding hydrogens is 566 g/mol. The van der Waals surface area contributed by atoms with Gasteiger partial charge < -0.3 is 19.7 Å². The lowest BCUT2D eigenvalue weighted by Gasteiger charge is -2.38. The molecule has 2 aliphatic rings. The molecule has 3 aromatic rings. The summed E-state index contributed by atoms with van der Waals surface area (Å²) in [5.74, 6) is 0.0260. The van der Waals surface area contributed by atoms with Gasteiger partial charge in [-0.15, -0.1) is 0 Å². The van der Waals surface area contributed by atoms with Crippen LogP contribution in [0.25, 0.3) is 0 Å². The van der Waals surface area contributed by atoms with Crippen molar-refractivity contribution in [2.24, 2.45) is 5.92 Å². The van der Waals surface area contributed by atoms with Crippen LogP contribution in [0.2, 0.25) is 5.02 Å². The van der Waals surface area contributed by atoms with E-state index in [1.165, 1.54) is 16.4 Å². The molecule has 3 aromatic carbocycles. The molecule has 0 spiro atoms. The molecule has 0 aromatic heterocycles. The number of fused-ring (bicyclic) bond motifs is 1. The van der Waals surface area contributed by atoms with Crippen molar-refractivity contribution in [3.05, 3.63) is 83.4 Å². The first kappa shape index (κ1) is 28.9. The molecule has 41 heavy (non-hydrogen) atoms. The van der Waals surface area contributed by atoms with Crippen LogP contribution in [-0.2, 0) is 26.2 Å². The van der Waals surface area contributed by atoms with Gasteiger partial charge in [0.1, 0.15) is 11.5 Å². The second-order valence-electron chi connectivity index (χ2n) is 9.93. The van der Waals surface area contributed by atoms with Crippen LogP contribution >= 0.6 is 11.6 Å². The fourth-order valence-corrected chi connectivity index (χ4v) is 6.90. The van der Waals surface area contributed by atoms with Gasteiger partial charge in [-0.1, -0.05) is 54.1 Å². The van der Waals surface area contributed by atoms with Gasteiger partial charge in [0.2, 0.25) is 15.9 Å². The Bertz CT molecular complexity index is 1510. The Labute approximate surface area is 245 Å². The van der Waals surface area contributed by atoms with E-state index in [9.17, 15) is 18.0 Å². The molecule has 1 unspecified atom stereocenters. The molecule has 1 N–H and O–H groups in total. The van der Waals surface area contributed by atoms with E-state index in [1.807, 2.05) is 43.3 Å². The van der Waals surface area contributed by atoms with Gasteiger partial charge in [0.05, 0.1) is 28.8 Å². The number of ether oxygens (including phenoxy) is 2. The normalized spacial score (nSPS) is 17.8. The Kier molecular flexibility index (Phi) is 8.82. The molecule has 2 heterocycles. The maximum absolute atomic E-state index is 13.8. The van der Waals surface area contributed by atoms with E-state index in [1.54, 1.807) is 29.2 Å². The van der Waals surface area contributed by atoms with Crippen LogP contribution in [0, 0.1) is 5.92 Å². The van der Waals surface area contributed by atoms with E-state index in [0.29, 0.717) is 43.2 Å². The minimum absolute atomic E-state index is 0.0691.